The predicted octanol–water partition coefficient (Wildman–Crippen LogP) is 3.49. The quantitative estimate of drug-likeness (QED) is 0.163. The number of halogens is 4. The molecule has 2 fully saturated rings. The van der Waals surface area contributed by atoms with E-state index in [1.807, 2.05) is 24.0 Å². The van der Waals surface area contributed by atoms with Gasteiger partial charge in [-0.05, 0) is 77.7 Å². The standard InChI is InChI=1S/C26H31BrN6O3.C2HF3O2/c1-16(30-23(34)15-24(35)31-19-5-2-17(3-6-19)25(28)29)18-4-9-21(22(27)14-18)26(36)33-12-10-32(11-13-33)20-7-8-20;3-2(4,5)1(6)7/h2-6,9,14,16,20H,7-8,10-13,15H2,1H3,(H3,28,29)(H,30,34)(H,31,35);(H,6,7). The topological polar surface area (TPSA) is 169 Å². The Kier molecular flexibility index (Phi) is 11.3. The summed E-state index contributed by atoms with van der Waals surface area (Å²) in [5, 5.41) is 20.0. The minimum absolute atomic E-state index is 0.00793. The molecule has 6 N–H and O–H groups in total. The number of alkyl halides is 3. The highest BCUT2D eigenvalue weighted by Crippen LogP contribution is 2.29. The molecular weight excluding hydrogens is 637 g/mol. The summed E-state index contributed by atoms with van der Waals surface area (Å²) in [7, 11) is 0. The Balaban J connectivity index is 0.000000646. The summed E-state index contributed by atoms with van der Waals surface area (Å²) < 4.78 is 32.4. The lowest BCUT2D eigenvalue weighted by Crippen LogP contribution is -2.49. The number of aliphatic carboxylic acids is 1. The van der Waals surface area contributed by atoms with Gasteiger partial charge in [-0.1, -0.05) is 6.07 Å². The molecule has 1 saturated heterocycles. The summed E-state index contributed by atoms with van der Waals surface area (Å²) in [5.74, 6) is -3.66. The number of piperazine rings is 1. The Morgan fingerprint density at radius 3 is 2.12 bits per heavy atom. The van der Waals surface area contributed by atoms with Gasteiger partial charge in [0.1, 0.15) is 12.3 Å². The van der Waals surface area contributed by atoms with Gasteiger partial charge in [-0.2, -0.15) is 13.2 Å². The largest absolute Gasteiger partial charge is 0.490 e. The number of hydrogen-bond donors (Lipinski definition) is 5. The van der Waals surface area contributed by atoms with E-state index in [0.717, 1.165) is 37.8 Å². The van der Waals surface area contributed by atoms with Gasteiger partial charge in [0.2, 0.25) is 11.8 Å². The van der Waals surface area contributed by atoms with Crippen molar-refractivity contribution < 1.29 is 37.5 Å². The Morgan fingerprint density at radius 2 is 1.63 bits per heavy atom. The normalized spacial score (nSPS) is 15.9. The second-order valence-electron chi connectivity index (χ2n) is 10.1. The Hall–Kier alpha value is -3.98. The monoisotopic (exact) mass is 668 g/mol. The number of hydrogen-bond acceptors (Lipinski definition) is 6. The first-order chi connectivity index (χ1) is 20.1. The molecule has 0 aromatic heterocycles. The van der Waals surface area contributed by atoms with Crippen LogP contribution in [0.2, 0.25) is 0 Å². The molecule has 4 rings (SSSR count). The van der Waals surface area contributed by atoms with Crippen molar-refractivity contribution >= 4 is 51.1 Å². The van der Waals surface area contributed by atoms with E-state index in [1.54, 1.807) is 30.3 Å². The number of carboxylic acid groups (broad SMARTS) is 1. The van der Waals surface area contributed by atoms with Crippen molar-refractivity contribution in [2.45, 2.75) is 44.4 Å². The molecule has 1 saturated carbocycles. The van der Waals surface area contributed by atoms with Crippen LogP contribution in [0.1, 0.15) is 53.7 Å². The smallest absolute Gasteiger partial charge is 0.475 e. The van der Waals surface area contributed by atoms with E-state index in [0.29, 0.717) is 21.3 Å². The van der Waals surface area contributed by atoms with Gasteiger partial charge in [-0.3, -0.25) is 24.7 Å². The van der Waals surface area contributed by atoms with E-state index in [9.17, 15) is 27.6 Å². The lowest BCUT2D eigenvalue weighted by Gasteiger charge is -2.35. The third-order valence-electron chi connectivity index (χ3n) is 6.81. The first-order valence-electron chi connectivity index (χ1n) is 13.3. The zero-order chi connectivity index (χ0) is 31.9. The third kappa shape index (κ3) is 10.1. The highest BCUT2D eigenvalue weighted by atomic mass is 79.9. The zero-order valence-electron chi connectivity index (χ0n) is 23.2. The molecule has 11 nitrogen and oxygen atoms in total. The summed E-state index contributed by atoms with van der Waals surface area (Å²) in [6, 6.07) is 12.3. The van der Waals surface area contributed by atoms with Gasteiger partial charge in [0, 0.05) is 47.9 Å². The molecule has 1 atom stereocenters. The number of amidine groups is 1. The van der Waals surface area contributed by atoms with Gasteiger partial charge in [-0.25, -0.2) is 4.79 Å². The van der Waals surface area contributed by atoms with Crippen LogP contribution < -0.4 is 16.4 Å². The Labute approximate surface area is 254 Å². The molecule has 3 amide bonds. The number of carbonyl (C=O) groups is 4. The molecule has 15 heteroatoms. The van der Waals surface area contributed by atoms with Gasteiger partial charge in [0.25, 0.3) is 5.91 Å². The van der Waals surface area contributed by atoms with Crippen LogP contribution in [0.4, 0.5) is 18.9 Å². The molecule has 2 aliphatic rings. The van der Waals surface area contributed by atoms with Gasteiger partial charge in [0.05, 0.1) is 11.6 Å². The Morgan fingerprint density at radius 1 is 1.05 bits per heavy atom. The minimum atomic E-state index is -5.08. The van der Waals surface area contributed by atoms with Crippen molar-refractivity contribution in [2.24, 2.45) is 5.73 Å². The molecule has 1 aliphatic heterocycles. The van der Waals surface area contributed by atoms with Crippen LogP contribution in [0.25, 0.3) is 0 Å². The van der Waals surface area contributed by atoms with Crippen LogP contribution >= 0.6 is 15.9 Å². The van der Waals surface area contributed by atoms with Crippen LogP contribution in [0.3, 0.4) is 0 Å². The van der Waals surface area contributed by atoms with Crippen LogP contribution in [0.5, 0.6) is 0 Å². The molecule has 0 bridgehead atoms. The molecule has 2 aromatic carbocycles. The number of rotatable bonds is 8. The van der Waals surface area contributed by atoms with E-state index in [4.69, 9.17) is 21.0 Å². The van der Waals surface area contributed by atoms with E-state index >= 15 is 0 Å². The minimum Gasteiger partial charge on any atom is -0.475 e. The van der Waals surface area contributed by atoms with Crippen LogP contribution in [0.15, 0.2) is 46.9 Å². The third-order valence-corrected chi connectivity index (χ3v) is 7.47. The average Bonchev–Trinajstić information content (AvgIpc) is 3.78. The molecule has 0 radical (unpaired) electrons. The van der Waals surface area contributed by atoms with Crippen molar-refractivity contribution in [1.29, 1.82) is 5.41 Å². The average molecular weight is 669 g/mol. The fourth-order valence-electron chi connectivity index (χ4n) is 4.33. The lowest BCUT2D eigenvalue weighted by atomic mass is 10.0. The van der Waals surface area contributed by atoms with Crippen molar-refractivity contribution in [3.63, 3.8) is 0 Å². The first kappa shape index (κ1) is 33.5. The molecule has 1 aliphatic carbocycles. The fraction of sp³-hybridized carbons (Fsp3) is 0.393. The molecule has 1 unspecified atom stereocenters. The Bertz CT molecular complexity index is 1360. The number of benzene rings is 2. The fourth-order valence-corrected chi connectivity index (χ4v) is 4.90. The van der Waals surface area contributed by atoms with Gasteiger partial charge < -0.3 is 26.4 Å². The number of nitrogen functional groups attached to an aromatic ring is 1. The van der Waals surface area contributed by atoms with E-state index in [1.165, 1.54) is 12.8 Å². The molecule has 43 heavy (non-hydrogen) atoms. The highest BCUT2D eigenvalue weighted by molar-refractivity contribution is 9.10. The molecular formula is C28H32BrF3N6O5. The summed E-state index contributed by atoms with van der Waals surface area (Å²) in [5.41, 5.74) is 7.92. The van der Waals surface area contributed by atoms with Gasteiger partial charge >= 0.3 is 12.1 Å². The lowest BCUT2D eigenvalue weighted by molar-refractivity contribution is -0.192. The van der Waals surface area contributed by atoms with Crippen LogP contribution in [-0.4, -0.2) is 82.8 Å². The predicted molar refractivity (Wildman–Crippen MR) is 156 cm³/mol. The van der Waals surface area contributed by atoms with Crippen LogP contribution in [-0.2, 0) is 14.4 Å². The molecule has 0 spiro atoms. The summed E-state index contributed by atoms with van der Waals surface area (Å²) in [4.78, 5) is 51.0. The van der Waals surface area contributed by atoms with Crippen LogP contribution in [0, 0.1) is 5.41 Å². The molecule has 2 aromatic rings. The van der Waals surface area contributed by atoms with Gasteiger partial charge in [0.15, 0.2) is 0 Å². The SMILES string of the molecule is CC(NC(=O)CC(=O)Nc1ccc(C(=N)N)cc1)c1ccc(C(=O)N2CCN(C3CC3)CC2)c(Br)c1.O=C(O)C(F)(F)F. The van der Waals surface area contributed by atoms with Crippen molar-refractivity contribution in [3.05, 3.63) is 63.6 Å². The second-order valence-corrected chi connectivity index (χ2v) is 11.0. The first-order valence-corrected chi connectivity index (χ1v) is 14.1. The van der Waals surface area contributed by atoms with Crippen molar-refractivity contribution in [2.75, 3.05) is 31.5 Å². The maximum atomic E-state index is 13.0. The number of carbonyl (C=O) groups excluding carboxylic acids is 3. The number of nitrogens with one attached hydrogen (secondary N) is 3. The number of anilines is 1. The van der Waals surface area contributed by atoms with Gasteiger partial charge in [-0.15, -0.1) is 0 Å². The van der Waals surface area contributed by atoms with Crippen molar-refractivity contribution in [3.8, 4) is 0 Å². The second kappa shape index (κ2) is 14.5. The van der Waals surface area contributed by atoms with Crippen molar-refractivity contribution in [1.82, 2.24) is 15.1 Å². The highest BCUT2D eigenvalue weighted by Gasteiger charge is 2.38. The molecule has 1 heterocycles. The number of amides is 3. The number of carboxylic acids is 1. The summed E-state index contributed by atoms with van der Waals surface area (Å²) >= 11 is 3.53. The molecule has 232 valence electrons. The van der Waals surface area contributed by atoms with E-state index < -0.39 is 24.0 Å². The number of nitrogens with zero attached hydrogens (tertiary/aromatic N) is 2. The number of nitrogens with two attached hydrogens (primary N) is 1. The maximum Gasteiger partial charge on any atom is 0.490 e. The van der Waals surface area contributed by atoms with E-state index in [-0.39, 0.29) is 24.2 Å². The summed E-state index contributed by atoms with van der Waals surface area (Å²) in [6.45, 7) is 5.15. The van der Waals surface area contributed by atoms with E-state index in [2.05, 4.69) is 31.5 Å². The summed E-state index contributed by atoms with van der Waals surface area (Å²) in [6.07, 6.45) is -2.86. The zero-order valence-corrected chi connectivity index (χ0v) is 24.8. The maximum absolute atomic E-state index is 13.0.